The minimum absolute atomic E-state index is 0.000660. The average molecular weight is 259 g/mol. The van der Waals surface area contributed by atoms with E-state index in [1.165, 1.54) is 0 Å². The molecular formula is C11H11F2NO4. The maximum absolute atomic E-state index is 13.2. The van der Waals surface area contributed by atoms with Crippen LogP contribution in [0.1, 0.15) is 28.4 Å². The van der Waals surface area contributed by atoms with E-state index in [4.69, 9.17) is 5.73 Å². The molecule has 0 saturated carbocycles. The Labute approximate surface area is 101 Å². The lowest BCUT2D eigenvalue weighted by molar-refractivity contribution is -0.121. The molecule has 5 nitrogen and oxygen atoms in total. The largest absolute Gasteiger partial charge is 0.390 e. The number of aliphatic hydroxyl groups excluding tert-OH is 2. The predicted molar refractivity (Wildman–Crippen MR) is 56.5 cm³/mol. The topological polar surface area (TPSA) is 101 Å². The average Bonchev–Trinajstić information content (AvgIpc) is 2.26. The second kappa shape index (κ2) is 5.65. The number of primary amides is 1. The van der Waals surface area contributed by atoms with E-state index >= 15 is 0 Å². The summed E-state index contributed by atoms with van der Waals surface area (Å²) < 4.78 is 26.5. The lowest BCUT2D eigenvalue weighted by Crippen LogP contribution is -2.26. The molecule has 2 atom stereocenters. The number of aliphatic hydroxyl groups is 2. The van der Waals surface area contributed by atoms with Crippen LogP contribution in [-0.4, -0.2) is 28.5 Å². The molecule has 0 aliphatic heterocycles. The van der Waals surface area contributed by atoms with Crippen LogP contribution < -0.4 is 5.73 Å². The number of carbonyl (C=O) groups is 2. The fourth-order valence-corrected chi connectivity index (χ4v) is 1.43. The summed E-state index contributed by atoms with van der Waals surface area (Å²) in [6, 6.07) is 1.42. The molecular weight excluding hydrogens is 248 g/mol. The van der Waals surface area contributed by atoms with Crippen molar-refractivity contribution in [1.29, 1.82) is 0 Å². The van der Waals surface area contributed by atoms with Crippen LogP contribution in [0.15, 0.2) is 12.1 Å². The Kier molecular flexibility index (Phi) is 4.46. The molecule has 2 unspecified atom stereocenters. The summed E-state index contributed by atoms with van der Waals surface area (Å²) >= 11 is 0. The fraction of sp³-hybridized carbons (Fsp3) is 0.273. The Bertz CT molecular complexity index is 455. The van der Waals surface area contributed by atoms with Crippen molar-refractivity contribution in [3.05, 3.63) is 34.9 Å². The van der Waals surface area contributed by atoms with Crippen LogP contribution in [0.5, 0.6) is 0 Å². The number of hydrogen-bond donors (Lipinski definition) is 3. The molecule has 1 aromatic rings. The first-order valence-corrected chi connectivity index (χ1v) is 4.95. The SMILES string of the molecule is NC(=O)CC(O)C(O)c1cc(F)c(C=O)c(F)c1. The van der Waals surface area contributed by atoms with E-state index in [9.17, 15) is 28.6 Å². The van der Waals surface area contributed by atoms with Gasteiger partial charge in [0.15, 0.2) is 6.29 Å². The van der Waals surface area contributed by atoms with Gasteiger partial charge in [-0.2, -0.15) is 0 Å². The summed E-state index contributed by atoms with van der Waals surface area (Å²) in [7, 11) is 0. The lowest BCUT2D eigenvalue weighted by atomic mass is 10.00. The molecule has 98 valence electrons. The van der Waals surface area contributed by atoms with Gasteiger partial charge in [0.1, 0.15) is 17.7 Å². The minimum atomic E-state index is -1.68. The van der Waals surface area contributed by atoms with E-state index in [1.807, 2.05) is 0 Å². The molecule has 1 aromatic carbocycles. The summed E-state index contributed by atoms with van der Waals surface area (Å²) in [5, 5.41) is 19.0. The van der Waals surface area contributed by atoms with Gasteiger partial charge in [-0.15, -0.1) is 0 Å². The maximum atomic E-state index is 13.2. The molecule has 0 fully saturated rings. The highest BCUT2D eigenvalue weighted by Crippen LogP contribution is 2.23. The third-order valence-corrected chi connectivity index (χ3v) is 2.34. The third kappa shape index (κ3) is 3.08. The molecule has 0 aliphatic rings. The highest BCUT2D eigenvalue weighted by molar-refractivity contribution is 5.76. The van der Waals surface area contributed by atoms with Crippen molar-refractivity contribution >= 4 is 12.2 Å². The molecule has 7 heteroatoms. The molecule has 0 radical (unpaired) electrons. The number of nitrogens with two attached hydrogens (primary N) is 1. The van der Waals surface area contributed by atoms with Gasteiger partial charge in [0.2, 0.25) is 5.91 Å². The van der Waals surface area contributed by atoms with Gasteiger partial charge >= 0.3 is 0 Å². The van der Waals surface area contributed by atoms with Gasteiger partial charge in [-0.1, -0.05) is 0 Å². The van der Waals surface area contributed by atoms with Crippen molar-refractivity contribution in [1.82, 2.24) is 0 Å². The predicted octanol–water partition coefficient (Wildman–Crippen LogP) is 0.0470. The Balaban J connectivity index is 3.03. The molecule has 18 heavy (non-hydrogen) atoms. The molecule has 0 saturated heterocycles. The second-order valence-electron chi connectivity index (χ2n) is 3.70. The van der Waals surface area contributed by atoms with Crippen LogP contribution >= 0.6 is 0 Å². The molecule has 1 rings (SSSR count). The Morgan fingerprint density at radius 2 is 1.83 bits per heavy atom. The van der Waals surface area contributed by atoms with Crippen LogP contribution in [0.2, 0.25) is 0 Å². The minimum Gasteiger partial charge on any atom is -0.390 e. The Hall–Kier alpha value is -1.86. The number of aldehydes is 1. The molecule has 0 spiro atoms. The highest BCUT2D eigenvalue weighted by atomic mass is 19.1. The number of hydrogen-bond acceptors (Lipinski definition) is 4. The molecule has 4 N–H and O–H groups in total. The van der Waals surface area contributed by atoms with Crippen LogP contribution in [-0.2, 0) is 4.79 Å². The molecule has 0 heterocycles. The van der Waals surface area contributed by atoms with E-state index in [-0.39, 0.29) is 11.8 Å². The Morgan fingerprint density at radius 3 is 2.22 bits per heavy atom. The zero-order chi connectivity index (χ0) is 13.9. The van der Waals surface area contributed by atoms with Gasteiger partial charge in [-0.05, 0) is 17.7 Å². The summed E-state index contributed by atoms with van der Waals surface area (Å²) in [5.74, 6) is -3.19. The van der Waals surface area contributed by atoms with E-state index in [1.54, 1.807) is 0 Å². The Morgan fingerprint density at radius 1 is 1.33 bits per heavy atom. The first-order valence-electron chi connectivity index (χ1n) is 4.95. The summed E-state index contributed by atoms with van der Waals surface area (Å²) in [6.07, 6.45) is -3.81. The summed E-state index contributed by atoms with van der Waals surface area (Å²) in [6.45, 7) is 0. The third-order valence-electron chi connectivity index (χ3n) is 2.34. The van der Waals surface area contributed by atoms with Crippen molar-refractivity contribution in [3.8, 4) is 0 Å². The van der Waals surface area contributed by atoms with Gasteiger partial charge < -0.3 is 15.9 Å². The molecule has 1 amide bonds. The highest BCUT2D eigenvalue weighted by Gasteiger charge is 2.23. The quantitative estimate of drug-likeness (QED) is 0.650. The fourth-order valence-electron chi connectivity index (χ4n) is 1.43. The van der Waals surface area contributed by atoms with Gasteiger partial charge in [-0.25, -0.2) is 8.78 Å². The smallest absolute Gasteiger partial charge is 0.220 e. The number of halogens is 2. The van der Waals surface area contributed by atoms with Gasteiger partial charge in [0, 0.05) is 0 Å². The first kappa shape index (κ1) is 14.2. The zero-order valence-electron chi connectivity index (χ0n) is 9.14. The maximum Gasteiger partial charge on any atom is 0.220 e. The van der Waals surface area contributed by atoms with Crippen LogP contribution in [0.3, 0.4) is 0 Å². The molecule has 0 bridgehead atoms. The molecule has 0 aliphatic carbocycles. The van der Waals surface area contributed by atoms with Crippen molar-refractivity contribution in [2.45, 2.75) is 18.6 Å². The van der Waals surface area contributed by atoms with Crippen LogP contribution in [0.4, 0.5) is 8.78 Å². The summed E-state index contributed by atoms with van der Waals surface area (Å²) in [4.78, 5) is 20.9. The summed E-state index contributed by atoms with van der Waals surface area (Å²) in [5.41, 5.74) is 3.75. The number of rotatable bonds is 5. The number of amides is 1. The van der Waals surface area contributed by atoms with E-state index in [0.29, 0.717) is 12.1 Å². The monoisotopic (exact) mass is 259 g/mol. The standard InChI is InChI=1S/C11H11F2NO4/c12-7-1-5(2-8(13)6(7)4-15)11(18)9(16)3-10(14)17/h1-2,4,9,11,16,18H,3H2,(H2,14,17). The van der Waals surface area contributed by atoms with Crippen molar-refractivity contribution in [2.75, 3.05) is 0 Å². The van der Waals surface area contributed by atoms with Gasteiger partial charge in [-0.3, -0.25) is 9.59 Å². The molecule has 0 aromatic heterocycles. The van der Waals surface area contributed by atoms with E-state index in [2.05, 4.69) is 0 Å². The van der Waals surface area contributed by atoms with Crippen molar-refractivity contribution < 1.29 is 28.6 Å². The first-order chi connectivity index (χ1) is 8.36. The number of carbonyl (C=O) groups excluding carboxylic acids is 2. The van der Waals surface area contributed by atoms with E-state index < -0.39 is 41.7 Å². The van der Waals surface area contributed by atoms with E-state index in [0.717, 1.165) is 0 Å². The zero-order valence-corrected chi connectivity index (χ0v) is 9.14. The second-order valence-corrected chi connectivity index (χ2v) is 3.70. The lowest BCUT2D eigenvalue weighted by Gasteiger charge is -2.17. The normalized spacial score (nSPS) is 14.0. The van der Waals surface area contributed by atoms with Crippen LogP contribution in [0, 0.1) is 11.6 Å². The van der Waals surface area contributed by atoms with Crippen LogP contribution in [0.25, 0.3) is 0 Å². The van der Waals surface area contributed by atoms with Gasteiger partial charge in [0.25, 0.3) is 0 Å². The number of benzene rings is 1. The van der Waals surface area contributed by atoms with Gasteiger partial charge in [0.05, 0.1) is 18.1 Å². The van der Waals surface area contributed by atoms with Crippen molar-refractivity contribution in [3.63, 3.8) is 0 Å². The van der Waals surface area contributed by atoms with Crippen molar-refractivity contribution in [2.24, 2.45) is 5.73 Å².